The number of hydrogen-bond acceptors (Lipinski definition) is 6. The molecule has 1 atom stereocenters. The van der Waals surface area contributed by atoms with E-state index < -0.39 is 5.97 Å². The third-order valence-electron chi connectivity index (χ3n) is 5.57. The molecule has 0 bridgehead atoms. The summed E-state index contributed by atoms with van der Waals surface area (Å²) in [6, 6.07) is 12.0. The Balaban J connectivity index is 2.01. The van der Waals surface area contributed by atoms with Crippen molar-refractivity contribution < 1.29 is 19.1 Å². The number of rotatable bonds is 11. The second-order valence-electron chi connectivity index (χ2n) is 7.94. The highest BCUT2D eigenvalue weighted by Crippen LogP contribution is 2.33. The molecular formula is C25H32N4O4. The van der Waals surface area contributed by atoms with Gasteiger partial charge in [0, 0.05) is 31.5 Å². The minimum Gasteiger partial charge on any atom is -0.464 e. The van der Waals surface area contributed by atoms with Crippen molar-refractivity contribution >= 4 is 34.3 Å². The SMILES string of the molecule is CCC(C)Nc1cnc2c(c1)c(NC(=O)CCc1ccccc1)c(C(=O)OC)n2CCOC. The Morgan fingerprint density at radius 1 is 1.18 bits per heavy atom. The lowest BCUT2D eigenvalue weighted by molar-refractivity contribution is -0.116. The normalized spacial score (nSPS) is 11.9. The van der Waals surface area contributed by atoms with E-state index in [0.29, 0.717) is 36.3 Å². The summed E-state index contributed by atoms with van der Waals surface area (Å²) in [4.78, 5) is 30.3. The molecule has 0 radical (unpaired) electrons. The average Bonchev–Trinajstić information content (AvgIpc) is 3.13. The van der Waals surface area contributed by atoms with E-state index in [0.717, 1.165) is 17.7 Å². The van der Waals surface area contributed by atoms with Crippen molar-refractivity contribution in [2.24, 2.45) is 0 Å². The number of anilines is 2. The fraction of sp³-hybridized carbons (Fsp3) is 0.400. The van der Waals surface area contributed by atoms with Gasteiger partial charge in [0.15, 0.2) is 5.69 Å². The fourth-order valence-corrected chi connectivity index (χ4v) is 3.63. The number of amides is 1. The molecule has 0 spiro atoms. The average molecular weight is 453 g/mol. The number of pyridine rings is 1. The van der Waals surface area contributed by atoms with Crippen molar-refractivity contribution in [2.45, 2.75) is 45.7 Å². The molecule has 0 fully saturated rings. The number of fused-ring (bicyclic) bond motifs is 1. The van der Waals surface area contributed by atoms with E-state index in [1.54, 1.807) is 17.9 Å². The minimum atomic E-state index is -0.543. The first kappa shape index (κ1) is 24.3. The van der Waals surface area contributed by atoms with Crippen molar-refractivity contribution in [3.05, 3.63) is 53.9 Å². The Hall–Kier alpha value is -3.39. The van der Waals surface area contributed by atoms with Gasteiger partial charge in [-0.3, -0.25) is 4.79 Å². The topological polar surface area (TPSA) is 94.5 Å². The van der Waals surface area contributed by atoms with Crippen LogP contribution in [0.3, 0.4) is 0 Å². The van der Waals surface area contributed by atoms with Gasteiger partial charge in [0.2, 0.25) is 5.91 Å². The summed E-state index contributed by atoms with van der Waals surface area (Å²) in [5, 5.41) is 7.04. The summed E-state index contributed by atoms with van der Waals surface area (Å²) in [5.74, 6) is -0.728. The molecule has 1 unspecified atom stereocenters. The molecule has 176 valence electrons. The lowest BCUT2D eigenvalue weighted by Gasteiger charge is -2.13. The highest BCUT2D eigenvalue weighted by Gasteiger charge is 2.26. The number of nitrogens with one attached hydrogen (secondary N) is 2. The lowest BCUT2D eigenvalue weighted by atomic mass is 10.1. The smallest absolute Gasteiger partial charge is 0.356 e. The molecule has 0 saturated heterocycles. The summed E-state index contributed by atoms with van der Waals surface area (Å²) in [6.07, 6.45) is 3.57. The van der Waals surface area contributed by atoms with Gasteiger partial charge in [0.1, 0.15) is 5.65 Å². The van der Waals surface area contributed by atoms with Crippen LogP contribution in [-0.4, -0.2) is 48.3 Å². The zero-order valence-electron chi connectivity index (χ0n) is 19.7. The number of carbonyl (C=O) groups excluding carboxylic acids is 2. The van der Waals surface area contributed by atoms with Crippen LogP contribution in [0.5, 0.6) is 0 Å². The van der Waals surface area contributed by atoms with Gasteiger partial charge in [0.25, 0.3) is 0 Å². The molecule has 1 amide bonds. The second kappa shape index (κ2) is 11.5. The van der Waals surface area contributed by atoms with Crippen LogP contribution < -0.4 is 10.6 Å². The van der Waals surface area contributed by atoms with Gasteiger partial charge in [-0.2, -0.15) is 0 Å². The maximum atomic E-state index is 12.9. The Kier molecular flexibility index (Phi) is 8.43. The molecule has 3 rings (SSSR count). The Bertz CT molecular complexity index is 1090. The Morgan fingerprint density at radius 3 is 2.61 bits per heavy atom. The largest absolute Gasteiger partial charge is 0.464 e. The van der Waals surface area contributed by atoms with E-state index >= 15 is 0 Å². The summed E-state index contributed by atoms with van der Waals surface area (Å²) >= 11 is 0. The minimum absolute atomic E-state index is 0.185. The zero-order chi connectivity index (χ0) is 23.8. The van der Waals surface area contributed by atoms with Crippen LogP contribution in [0.2, 0.25) is 0 Å². The highest BCUT2D eigenvalue weighted by molar-refractivity contribution is 6.11. The van der Waals surface area contributed by atoms with Crippen molar-refractivity contribution in [2.75, 3.05) is 31.5 Å². The monoisotopic (exact) mass is 452 g/mol. The van der Waals surface area contributed by atoms with Crippen LogP contribution >= 0.6 is 0 Å². The molecule has 2 heterocycles. The molecule has 2 N–H and O–H groups in total. The van der Waals surface area contributed by atoms with Crippen LogP contribution in [-0.2, 0) is 27.2 Å². The van der Waals surface area contributed by atoms with Crippen molar-refractivity contribution in [3.8, 4) is 0 Å². The predicted octanol–water partition coefficient (Wildman–Crippen LogP) is 4.25. The Morgan fingerprint density at radius 2 is 1.94 bits per heavy atom. The van der Waals surface area contributed by atoms with Crippen molar-refractivity contribution in [1.29, 1.82) is 0 Å². The standard InChI is InChI=1S/C25H32N4O4/c1-5-17(2)27-19-15-20-22(28-21(30)12-11-18-9-7-6-8-10-18)23(25(31)33-4)29(13-14-32-3)24(20)26-16-19/h6-10,15-17,27H,5,11-14H2,1-4H3,(H,28,30). The number of aromatic nitrogens is 2. The number of nitrogens with zero attached hydrogens (tertiary/aromatic N) is 2. The van der Waals surface area contributed by atoms with E-state index in [4.69, 9.17) is 9.47 Å². The molecule has 33 heavy (non-hydrogen) atoms. The summed E-state index contributed by atoms with van der Waals surface area (Å²) < 4.78 is 12.0. The van der Waals surface area contributed by atoms with E-state index in [1.807, 2.05) is 36.4 Å². The molecule has 0 saturated carbocycles. The van der Waals surface area contributed by atoms with Gasteiger partial charge in [0.05, 0.1) is 31.3 Å². The number of aryl methyl sites for hydroxylation is 1. The summed E-state index contributed by atoms with van der Waals surface area (Å²) in [5.41, 5.74) is 3.14. The van der Waals surface area contributed by atoms with Crippen molar-refractivity contribution in [1.82, 2.24) is 9.55 Å². The first-order valence-corrected chi connectivity index (χ1v) is 11.2. The molecule has 1 aromatic carbocycles. The van der Waals surface area contributed by atoms with Gasteiger partial charge in [-0.25, -0.2) is 9.78 Å². The number of esters is 1. The molecular weight excluding hydrogens is 420 g/mol. The third kappa shape index (κ3) is 5.90. The van der Waals surface area contributed by atoms with Crippen LogP contribution in [0.1, 0.15) is 42.7 Å². The van der Waals surface area contributed by atoms with Crippen LogP contribution in [0, 0.1) is 0 Å². The Labute approximate surface area is 194 Å². The quantitative estimate of drug-likeness (QED) is 0.423. The molecule has 2 aromatic heterocycles. The molecule has 8 nitrogen and oxygen atoms in total. The predicted molar refractivity (Wildman–Crippen MR) is 130 cm³/mol. The maximum Gasteiger partial charge on any atom is 0.356 e. The first-order valence-electron chi connectivity index (χ1n) is 11.2. The van der Waals surface area contributed by atoms with E-state index in [1.165, 1.54) is 7.11 Å². The molecule has 8 heteroatoms. The van der Waals surface area contributed by atoms with Crippen LogP contribution in [0.15, 0.2) is 42.6 Å². The van der Waals surface area contributed by atoms with Gasteiger partial charge in [-0.15, -0.1) is 0 Å². The lowest BCUT2D eigenvalue weighted by Crippen LogP contribution is -2.18. The second-order valence-corrected chi connectivity index (χ2v) is 7.94. The van der Waals surface area contributed by atoms with E-state index in [2.05, 4.69) is 29.5 Å². The molecule has 0 aliphatic heterocycles. The number of benzene rings is 1. The zero-order valence-corrected chi connectivity index (χ0v) is 19.7. The first-order chi connectivity index (χ1) is 16.0. The van der Waals surface area contributed by atoms with Gasteiger partial charge >= 0.3 is 5.97 Å². The van der Waals surface area contributed by atoms with Gasteiger partial charge in [-0.1, -0.05) is 37.3 Å². The summed E-state index contributed by atoms with van der Waals surface area (Å²) in [7, 11) is 2.92. The van der Waals surface area contributed by atoms with Crippen LogP contribution in [0.4, 0.5) is 11.4 Å². The fourth-order valence-electron chi connectivity index (χ4n) is 3.63. The highest BCUT2D eigenvalue weighted by atomic mass is 16.5. The van der Waals surface area contributed by atoms with E-state index in [-0.39, 0.29) is 24.1 Å². The van der Waals surface area contributed by atoms with Gasteiger partial charge in [-0.05, 0) is 31.4 Å². The number of carbonyl (C=O) groups is 2. The van der Waals surface area contributed by atoms with Crippen LogP contribution in [0.25, 0.3) is 11.0 Å². The third-order valence-corrected chi connectivity index (χ3v) is 5.57. The molecule has 0 aliphatic rings. The number of ether oxygens (including phenoxy) is 2. The van der Waals surface area contributed by atoms with Crippen molar-refractivity contribution in [3.63, 3.8) is 0 Å². The number of hydrogen-bond donors (Lipinski definition) is 2. The van der Waals surface area contributed by atoms with Gasteiger partial charge < -0.3 is 24.7 Å². The number of methoxy groups -OCH3 is 2. The van der Waals surface area contributed by atoms with E-state index in [9.17, 15) is 9.59 Å². The molecule has 0 aliphatic carbocycles. The summed E-state index contributed by atoms with van der Waals surface area (Å²) in [6.45, 7) is 4.95. The maximum absolute atomic E-state index is 12.9. The molecule has 3 aromatic rings.